The molecule has 1 amide bonds. The molecule has 0 radical (unpaired) electrons. The first-order valence-corrected chi connectivity index (χ1v) is 9.81. The molecule has 140 valence electrons. The van der Waals surface area contributed by atoms with E-state index >= 15 is 0 Å². The predicted molar refractivity (Wildman–Crippen MR) is 94.7 cm³/mol. The fourth-order valence-electron chi connectivity index (χ4n) is 2.50. The van der Waals surface area contributed by atoms with Crippen LogP contribution in [0.15, 0.2) is 48.5 Å². The van der Waals surface area contributed by atoms with Crippen LogP contribution < -0.4 is 10.0 Å². The average molecular weight is 382 g/mol. The van der Waals surface area contributed by atoms with Gasteiger partial charge >= 0.3 is 0 Å². The molecular weight excluding hydrogens is 362 g/mol. The third-order valence-electron chi connectivity index (χ3n) is 3.77. The Morgan fingerprint density at radius 1 is 0.962 bits per heavy atom. The van der Waals surface area contributed by atoms with Crippen molar-refractivity contribution in [2.24, 2.45) is 0 Å². The Kier molecular flexibility index (Phi) is 6.44. The number of benzene rings is 2. The van der Waals surface area contributed by atoms with Gasteiger partial charge in [0.15, 0.2) is 0 Å². The second-order valence-electron chi connectivity index (χ2n) is 6.04. The topological polar surface area (TPSA) is 75.3 Å². The summed E-state index contributed by atoms with van der Waals surface area (Å²) >= 11 is 0. The van der Waals surface area contributed by atoms with E-state index in [1.165, 1.54) is 36.4 Å². The Balaban J connectivity index is 2.10. The van der Waals surface area contributed by atoms with Gasteiger partial charge in [0.05, 0.1) is 18.3 Å². The van der Waals surface area contributed by atoms with Gasteiger partial charge in [0, 0.05) is 6.42 Å². The zero-order chi connectivity index (χ0) is 19.3. The molecule has 2 aromatic carbocycles. The smallest absolute Gasteiger partial charge is 0.222 e. The van der Waals surface area contributed by atoms with Gasteiger partial charge in [-0.3, -0.25) is 4.79 Å². The monoisotopic (exact) mass is 382 g/mol. The second kappa shape index (κ2) is 8.37. The van der Waals surface area contributed by atoms with E-state index in [1.807, 2.05) is 0 Å². The van der Waals surface area contributed by atoms with E-state index in [0.29, 0.717) is 11.1 Å². The van der Waals surface area contributed by atoms with Gasteiger partial charge in [-0.15, -0.1) is 0 Å². The predicted octanol–water partition coefficient (Wildman–Crippen LogP) is 2.82. The lowest BCUT2D eigenvalue weighted by molar-refractivity contribution is -0.122. The zero-order valence-corrected chi connectivity index (χ0v) is 15.2. The van der Waals surface area contributed by atoms with Crippen molar-refractivity contribution in [3.8, 4) is 0 Å². The molecule has 0 bridgehead atoms. The largest absolute Gasteiger partial charge is 0.350 e. The van der Waals surface area contributed by atoms with Crippen molar-refractivity contribution < 1.29 is 22.0 Å². The van der Waals surface area contributed by atoms with Crippen LogP contribution in [-0.4, -0.2) is 20.6 Å². The third kappa shape index (κ3) is 6.20. The molecule has 0 aliphatic rings. The molecule has 0 saturated carbocycles. The number of carbonyl (C=O) groups excluding carboxylic acids is 1. The molecule has 0 aromatic heterocycles. The maximum absolute atomic E-state index is 13.1. The van der Waals surface area contributed by atoms with E-state index < -0.39 is 27.8 Å². The number of hydrogen-bond acceptors (Lipinski definition) is 3. The van der Waals surface area contributed by atoms with Crippen LogP contribution in [-0.2, 0) is 14.8 Å². The lowest BCUT2D eigenvalue weighted by Crippen LogP contribution is -2.34. The molecule has 0 unspecified atom stereocenters. The van der Waals surface area contributed by atoms with Crippen molar-refractivity contribution >= 4 is 15.9 Å². The van der Waals surface area contributed by atoms with Crippen LogP contribution in [0.2, 0.25) is 0 Å². The molecule has 2 aromatic rings. The number of hydrogen-bond donors (Lipinski definition) is 2. The number of nitrogens with one attached hydrogen (secondary N) is 2. The number of rotatable bonds is 7. The molecule has 0 spiro atoms. The maximum atomic E-state index is 13.1. The first-order valence-electron chi connectivity index (χ1n) is 7.91. The minimum absolute atomic E-state index is 0.162. The molecule has 2 atom stereocenters. The lowest BCUT2D eigenvalue weighted by atomic mass is 10.0. The van der Waals surface area contributed by atoms with Gasteiger partial charge in [0.2, 0.25) is 15.9 Å². The number of carbonyl (C=O) groups is 1. The molecule has 0 heterocycles. The summed E-state index contributed by atoms with van der Waals surface area (Å²) in [4.78, 5) is 12.3. The summed E-state index contributed by atoms with van der Waals surface area (Å²) in [6.07, 6.45) is 0.826. The third-order valence-corrected chi connectivity index (χ3v) is 4.48. The molecule has 0 aliphatic heterocycles. The maximum Gasteiger partial charge on any atom is 0.222 e. The van der Waals surface area contributed by atoms with Gasteiger partial charge in [-0.05, 0) is 42.3 Å². The summed E-state index contributed by atoms with van der Waals surface area (Å²) in [6, 6.07) is 9.76. The molecular formula is C18H20F2N2O3S. The fourth-order valence-corrected chi connectivity index (χ4v) is 3.24. The number of sulfonamides is 1. The van der Waals surface area contributed by atoms with Gasteiger partial charge < -0.3 is 5.32 Å². The Hall–Kier alpha value is -2.32. The standard InChI is InChI=1S/C18H20F2N2O3S/c1-12(13-3-7-15(19)8-4-13)21-18(23)11-17(22-26(2,24)25)14-5-9-16(20)10-6-14/h3-10,12,17,22H,11H2,1-2H3,(H,21,23)/t12-,17-/m0/s1. The first kappa shape index (κ1) is 20.0. The van der Waals surface area contributed by atoms with E-state index in [0.717, 1.165) is 6.26 Å². The van der Waals surface area contributed by atoms with Crippen LogP contribution in [0.25, 0.3) is 0 Å². The van der Waals surface area contributed by atoms with Crippen LogP contribution >= 0.6 is 0 Å². The molecule has 5 nitrogen and oxygen atoms in total. The van der Waals surface area contributed by atoms with E-state index in [9.17, 15) is 22.0 Å². The van der Waals surface area contributed by atoms with E-state index in [-0.39, 0.29) is 18.3 Å². The van der Waals surface area contributed by atoms with Crippen LogP contribution in [0.5, 0.6) is 0 Å². The Morgan fingerprint density at radius 3 is 1.88 bits per heavy atom. The normalized spacial score (nSPS) is 13.8. The van der Waals surface area contributed by atoms with Crippen LogP contribution in [0, 0.1) is 11.6 Å². The lowest BCUT2D eigenvalue weighted by Gasteiger charge is -2.20. The van der Waals surface area contributed by atoms with Crippen molar-refractivity contribution in [2.75, 3.05) is 6.26 Å². The first-order chi connectivity index (χ1) is 12.1. The zero-order valence-electron chi connectivity index (χ0n) is 14.4. The minimum atomic E-state index is -3.58. The quantitative estimate of drug-likeness (QED) is 0.773. The van der Waals surface area contributed by atoms with Gasteiger partial charge in [0.1, 0.15) is 11.6 Å². The fraction of sp³-hybridized carbons (Fsp3) is 0.278. The summed E-state index contributed by atoms with van der Waals surface area (Å²) in [5, 5.41) is 2.74. The van der Waals surface area contributed by atoms with Crippen molar-refractivity contribution in [2.45, 2.75) is 25.4 Å². The van der Waals surface area contributed by atoms with Crippen molar-refractivity contribution in [3.05, 3.63) is 71.3 Å². The van der Waals surface area contributed by atoms with Gasteiger partial charge in [-0.2, -0.15) is 0 Å². The summed E-state index contributed by atoms with van der Waals surface area (Å²) < 4.78 is 51.6. The van der Waals surface area contributed by atoms with Crippen molar-refractivity contribution in [1.29, 1.82) is 0 Å². The van der Waals surface area contributed by atoms with E-state index in [1.54, 1.807) is 19.1 Å². The van der Waals surface area contributed by atoms with Crippen LogP contribution in [0.3, 0.4) is 0 Å². The van der Waals surface area contributed by atoms with Crippen molar-refractivity contribution in [1.82, 2.24) is 10.0 Å². The van der Waals surface area contributed by atoms with E-state index in [2.05, 4.69) is 10.0 Å². The highest BCUT2D eigenvalue weighted by Gasteiger charge is 2.21. The molecule has 0 aliphatic carbocycles. The van der Waals surface area contributed by atoms with Gasteiger partial charge in [-0.25, -0.2) is 21.9 Å². The van der Waals surface area contributed by atoms with Gasteiger partial charge in [0.25, 0.3) is 0 Å². The number of halogens is 2. The average Bonchev–Trinajstić information content (AvgIpc) is 2.54. The number of amides is 1. The molecule has 8 heteroatoms. The van der Waals surface area contributed by atoms with Crippen LogP contribution in [0.1, 0.15) is 36.6 Å². The van der Waals surface area contributed by atoms with Gasteiger partial charge in [-0.1, -0.05) is 24.3 Å². The van der Waals surface area contributed by atoms with E-state index in [4.69, 9.17) is 0 Å². The Bertz CT molecular complexity index is 853. The molecule has 0 fully saturated rings. The summed E-state index contributed by atoms with van der Waals surface area (Å²) in [7, 11) is -3.58. The summed E-state index contributed by atoms with van der Waals surface area (Å²) in [6.45, 7) is 1.74. The Labute approximate surface area is 151 Å². The van der Waals surface area contributed by atoms with Crippen molar-refractivity contribution in [3.63, 3.8) is 0 Å². The molecule has 26 heavy (non-hydrogen) atoms. The highest BCUT2D eigenvalue weighted by atomic mass is 32.2. The minimum Gasteiger partial charge on any atom is -0.350 e. The summed E-state index contributed by atoms with van der Waals surface area (Å²) in [5.41, 5.74) is 1.19. The summed E-state index contributed by atoms with van der Waals surface area (Å²) in [5.74, 6) is -1.23. The molecule has 2 N–H and O–H groups in total. The molecule has 2 rings (SSSR count). The highest BCUT2D eigenvalue weighted by molar-refractivity contribution is 7.88. The highest BCUT2D eigenvalue weighted by Crippen LogP contribution is 2.20. The van der Waals surface area contributed by atoms with Crippen LogP contribution in [0.4, 0.5) is 8.78 Å². The molecule has 0 saturated heterocycles. The SMILES string of the molecule is C[C@H](NC(=O)C[C@H](NS(C)(=O)=O)c1ccc(F)cc1)c1ccc(F)cc1. The Morgan fingerprint density at radius 2 is 1.42 bits per heavy atom. The second-order valence-corrected chi connectivity index (χ2v) is 7.82.